The van der Waals surface area contributed by atoms with Gasteiger partial charge in [0, 0.05) is 18.2 Å². The number of amides is 1. The largest absolute Gasteiger partial charge is 0.404 e. The lowest BCUT2D eigenvalue weighted by atomic mass is 9.94. The second-order valence-electron chi connectivity index (χ2n) is 6.14. The summed E-state index contributed by atoms with van der Waals surface area (Å²) in [6.07, 6.45) is 2.68. The molecule has 0 aromatic carbocycles. The van der Waals surface area contributed by atoms with Gasteiger partial charge in [-0.2, -0.15) is 0 Å². The van der Waals surface area contributed by atoms with Gasteiger partial charge < -0.3 is 20.9 Å². The standard InChI is InChI=1S/C15H19F2N5O2/c16-15(17)7-22(8-15)14(24)10(6-18)13-20-11(5-12(23)21-13)9-1-3-19-4-2-9/h5-6,9,19H,1-4,7-8,18H2,(H,20,21,23). The quantitative estimate of drug-likeness (QED) is 0.673. The number of alkyl halides is 2. The first-order valence-electron chi connectivity index (χ1n) is 7.81. The molecular formula is C15H19F2N5O2. The summed E-state index contributed by atoms with van der Waals surface area (Å²) in [5.74, 6) is -3.38. The Kier molecular flexibility index (Phi) is 4.35. The summed E-state index contributed by atoms with van der Waals surface area (Å²) in [6, 6.07) is 1.41. The molecule has 130 valence electrons. The van der Waals surface area contributed by atoms with Gasteiger partial charge in [-0.15, -0.1) is 0 Å². The van der Waals surface area contributed by atoms with E-state index in [9.17, 15) is 18.4 Å². The summed E-state index contributed by atoms with van der Waals surface area (Å²) in [5.41, 5.74) is 5.63. The van der Waals surface area contributed by atoms with Crippen molar-refractivity contribution in [3.05, 3.63) is 34.1 Å². The number of nitrogens with zero attached hydrogens (tertiary/aromatic N) is 2. The highest BCUT2D eigenvalue weighted by Crippen LogP contribution is 2.29. The molecule has 2 fully saturated rings. The Labute approximate surface area is 136 Å². The third-order valence-corrected chi connectivity index (χ3v) is 4.30. The first-order valence-corrected chi connectivity index (χ1v) is 7.81. The van der Waals surface area contributed by atoms with Crippen molar-refractivity contribution in [3.63, 3.8) is 0 Å². The Bertz CT molecular complexity index is 717. The van der Waals surface area contributed by atoms with E-state index in [0.717, 1.165) is 37.0 Å². The molecule has 2 aliphatic heterocycles. The number of hydrogen-bond acceptors (Lipinski definition) is 5. The van der Waals surface area contributed by atoms with Crippen molar-refractivity contribution < 1.29 is 13.6 Å². The fourth-order valence-electron chi connectivity index (χ4n) is 3.01. The smallest absolute Gasteiger partial charge is 0.282 e. The van der Waals surface area contributed by atoms with Crippen LogP contribution in [-0.4, -0.2) is 52.9 Å². The van der Waals surface area contributed by atoms with Gasteiger partial charge in [0.2, 0.25) is 0 Å². The molecule has 3 rings (SSSR count). The molecule has 0 atom stereocenters. The van der Waals surface area contributed by atoms with E-state index in [1.54, 1.807) is 0 Å². The van der Waals surface area contributed by atoms with Crippen LogP contribution in [0.25, 0.3) is 5.57 Å². The Balaban J connectivity index is 1.85. The number of nitrogens with one attached hydrogen (secondary N) is 2. The van der Waals surface area contributed by atoms with E-state index >= 15 is 0 Å². The van der Waals surface area contributed by atoms with Crippen LogP contribution >= 0.6 is 0 Å². The number of aromatic amines is 1. The average molecular weight is 339 g/mol. The van der Waals surface area contributed by atoms with Gasteiger partial charge in [0.1, 0.15) is 5.82 Å². The van der Waals surface area contributed by atoms with Crippen molar-refractivity contribution in [1.29, 1.82) is 0 Å². The minimum Gasteiger partial charge on any atom is -0.404 e. The zero-order valence-electron chi connectivity index (χ0n) is 13.0. The highest BCUT2D eigenvalue weighted by Gasteiger charge is 2.47. The van der Waals surface area contributed by atoms with Gasteiger partial charge in [-0.05, 0) is 25.9 Å². The van der Waals surface area contributed by atoms with Crippen molar-refractivity contribution in [2.24, 2.45) is 5.73 Å². The number of aromatic nitrogens is 2. The maximum absolute atomic E-state index is 13.0. The number of nitrogens with two attached hydrogens (primary N) is 1. The number of carbonyl (C=O) groups excluding carboxylic acids is 1. The number of piperidine rings is 1. The van der Waals surface area contributed by atoms with Crippen molar-refractivity contribution in [3.8, 4) is 0 Å². The summed E-state index contributed by atoms with van der Waals surface area (Å²) in [6.45, 7) is 0.356. The van der Waals surface area contributed by atoms with Crippen molar-refractivity contribution in [2.75, 3.05) is 26.2 Å². The third-order valence-electron chi connectivity index (χ3n) is 4.30. The third kappa shape index (κ3) is 3.30. The van der Waals surface area contributed by atoms with E-state index in [0.29, 0.717) is 5.69 Å². The number of likely N-dealkylation sites (tertiary alicyclic amines) is 1. The molecule has 1 aromatic rings. The van der Waals surface area contributed by atoms with Gasteiger partial charge >= 0.3 is 0 Å². The summed E-state index contributed by atoms with van der Waals surface area (Å²) in [7, 11) is 0. The molecule has 2 saturated heterocycles. The van der Waals surface area contributed by atoms with Crippen LogP contribution in [0, 0.1) is 0 Å². The van der Waals surface area contributed by atoms with Crippen LogP contribution in [0.3, 0.4) is 0 Å². The van der Waals surface area contributed by atoms with Gasteiger partial charge in [-0.1, -0.05) is 0 Å². The lowest BCUT2D eigenvalue weighted by Crippen LogP contribution is -2.58. The topological polar surface area (TPSA) is 104 Å². The number of rotatable bonds is 3. The first-order chi connectivity index (χ1) is 11.4. The Morgan fingerprint density at radius 2 is 2.04 bits per heavy atom. The van der Waals surface area contributed by atoms with Crippen molar-refractivity contribution in [2.45, 2.75) is 24.7 Å². The molecule has 7 nitrogen and oxygen atoms in total. The van der Waals surface area contributed by atoms with Crippen LogP contribution in [0.1, 0.15) is 30.3 Å². The van der Waals surface area contributed by atoms with Crippen LogP contribution in [0.5, 0.6) is 0 Å². The van der Waals surface area contributed by atoms with E-state index in [1.807, 2.05) is 0 Å². The minimum absolute atomic E-state index is 0.0266. The summed E-state index contributed by atoms with van der Waals surface area (Å²) >= 11 is 0. The molecule has 0 saturated carbocycles. The number of carbonyl (C=O) groups is 1. The Morgan fingerprint density at radius 3 is 2.62 bits per heavy atom. The van der Waals surface area contributed by atoms with Crippen LogP contribution in [0.2, 0.25) is 0 Å². The fourth-order valence-corrected chi connectivity index (χ4v) is 3.01. The van der Waals surface area contributed by atoms with Crippen LogP contribution in [0.15, 0.2) is 17.1 Å². The maximum Gasteiger partial charge on any atom is 0.282 e. The molecular weight excluding hydrogens is 320 g/mol. The first kappa shape index (κ1) is 16.6. The normalized spacial score (nSPS) is 21.4. The van der Waals surface area contributed by atoms with Gasteiger partial charge in [-0.3, -0.25) is 9.59 Å². The zero-order chi connectivity index (χ0) is 17.3. The Hall–Kier alpha value is -2.29. The van der Waals surface area contributed by atoms with Crippen molar-refractivity contribution in [1.82, 2.24) is 20.2 Å². The van der Waals surface area contributed by atoms with E-state index < -0.39 is 30.5 Å². The van der Waals surface area contributed by atoms with Gasteiger partial charge in [0.05, 0.1) is 24.4 Å². The molecule has 0 unspecified atom stereocenters. The zero-order valence-corrected chi connectivity index (χ0v) is 13.0. The van der Waals surface area contributed by atoms with Gasteiger partial charge in [0.25, 0.3) is 17.4 Å². The predicted octanol–water partition coefficient (Wildman–Crippen LogP) is 0.0140. The highest BCUT2D eigenvalue weighted by atomic mass is 19.3. The SMILES string of the molecule is NC=C(C(=O)N1CC(F)(F)C1)c1nc(C2CCNCC2)cc(=O)[nH]1. The molecule has 1 amide bonds. The Morgan fingerprint density at radius 1 is 1.38 bits per heavy atom. The fraction of sp³-hybridized carbons (Fsp3) is 0.533. The summed E-state index contributed by atoms with van der Waals surface area (Å²) in [4.78, 5) is 32.1. The predicted molar refractivity (Wildman–Crippen MR) is 83.4 cm³/mol. The molecule has 3 heterocycles. The summed E-state index contributed by atoms with van der Waals surface area (Å²) in [5, 5.41) is 3.23. The monoisotopic (exact) mass is 339 g/mol. The molecule has 1 aromatic heterocycles. The van der Waals surface area contributed by atoms with Crippen LogP contribution in [-0.2, 0) is 4.79 Å². The molecule has 9 heteroatoms. The summed E-state index contributed by atoms with van der Waals surface area (Å²) < 4.78 is 25.9. The second kappa shape index (κ2) is 6.31. The maximum atomic E-state index is 13.0. The minimum atomic E-state index is -2.87. The molecule has 24 heavy (non-hydrogen) atoms. The van der Waals surface area contributed by atoms with Crippen molar-refractivity contribution >= 4 is 11.5 Å². The lowest BCUT2D eigenvalue weighted by Gasteiger charge is -2.38. The van der Waals surface area contributed by atoms with E-state index in [4.69, 9.17) is 5.73 Å². The molecule has 0 bridgehead atoms. The molecule has 0 radical (unpaired) electrons. The second-order valence-corrected chi connectivity index (χ2v) is 6.14. The van der Waals surface area contributed by atoms with E-state index in [-0.39, 0.29) is 17.3 Å². The molecule has 4 N–H and O–H groups in total. The molecule has 0 spiro atoms. The number of halogens is 2. The van der Waals surface area contributed by atoms with E-state index in [2.05, 4.69) is 15.3 Å². The van der Waals surface area contributed by atoms with Crippen LogP contribution in [0.4, 0.5) is 8.78 Å². The van der Waals surface area contributed by atoms with E-state index in [1.165, 1.54) is 6.07 Å². The molecule has 0 aliphatic carbocycles. The van der Waals surface area contributed by atoms with Crippen LogP contribution < -0.4 is 16.6 Å². The highest BCUT2D eigenvalue weighted by molar-refractivity contribution is 6.18. The lowest BCUT2D eigenvalue weighted by molar-refractivity contribution is -0.159. The van der Waals surface area contributed by atoms with Gasteiger partial charge in [-0.25, -0.2) is 13.8 Å². The number of H-pyrrole nitrogens is 1. The molecule has 2 aliphatic rings. The number of hydrogen-bond donors (Lipinski definition) is 3. The van der Waals surface area contributed by atoms with Gasteiger partial charge in [0.15, 0.2) is 0 Å². The average Bonchev–Trinajstić information content (AvgIpc) is 2.53.